The fourth-order valence-corrected chi connectivity index (χ4v) is 3.74. The predicted molar refractivity (Wildman–Crippen MR) is 113 cm³/mol. The molecule has 3 N–H and O–H groups in total. The van der Waals surface area contributed by atoms with Crippen molar-refractivity contribution >= 4 is 53.9 Å². The van der Waals surface area contributed by atoms with Gasteiger partial charge in [0.25, 0.3) is 0 Å². The van der Waals surface area contributed by atoms with Crippen molar-refractivity contribution in [3.05, 3.63) is 29.3 Å². The fourth-order valence-electron chi connectivity index (χ4n) is 3.56. The van der Waals surface area contributed by atoms with Crippen LogP contribution in [0.25, 0.3) is 0 Å². The van der Waals surface area contributed by atoms with Crippen LogP contribution in [0.15, 0.2) is 24.3 Å². The Morgan fingerprint density at radius 2 is 1.85 bits per heavy atom. The van der Waals surface area contributed by atoms with Crippen molar-refractivity contribution in [2.75, 3.05) is 37.6 Å². The van der Waals surface area contributed by atoms with E-state index in [1.807, 2.05) is 29.2 Å². The van der Waals surface area contributed by atoms with Gasteiger partial charge in [-0.05, 0) is 37.5 Å². The number of carbonyl (C=O) groups excluding carboxylic acids is 2. The van der Waals surface area contributed by atoms with E-state index in [9.17, 15) is 9.59 Å². The molecule has 0 spiro atoms. The number of nitrogens with zero attached hydrogens (tertiary/aromatic N) is 2. The average molecular weight is 438 g/mol. The number of hydrogen-bond donors (Lipinski definition) is 2. The molecule has 1 aromatic carbocycles. The van der Waals surface area contributed by atoms with Crippen LogP contribution in [0.1, 0.15) is 19.3 Å². The lowest BCUT2D eigenvalue weighted by Gasteiger charge is -2.36. The van der Waals surface area contributed by atoms with Crippen molar-refractivity contribution in [3.63, 3.8) is 0 Å². The van der Waals surface area contributed by atoms with E-state index < -0.39 is 0 Å². The minimum absolute atomic E-state index is 0. The highest BCUT2D eigenvalue weighted by Crippen LogP contribution is 2.24. The normalized spacial score (nSPS) is 21.9. The zero-order valence-electron chi connectivity index (χ0n) is 15.1. The molecule has 0 aromatic heterocycles. The van der Waals surface area contributed by atoms with Gasteiger partial charge in [-0.3, -0.25) is 9.59 Å². The smallest absolute Gasteiger partial charge is 0.242 e. The minimum Gasteiger partial charge on any atom is -0.368 e. The van der Waals surface area contributed by atoms with Gasteiger partial charge in [-0.1, -0.05) is 17.7 Å². The number of nitrogens with two attached hydrogens (primary N) is 1. The van der Waals surface area contributed by atoms with Crippen molar-refractivity contribution in [3.8, 4) is 0 Å². The van der Waals surface area contributed by atoms with Crippen molar-refractivity contribution in [1.29, 1.82) is 0 Å². The first kappa shape index (κ1) is 23.8. The van der Waals surface area contributed by atoms with E-state index in [1.54, 1.807) is 0 Å². The summed E-state index contributed by atoms with van der Waals surface area (Å²) in [6.45, 7) is 2.89. The molecule has 2 amide bonds. The molecule has 2 aliphatic rings. The zero-order chi connectivity index (χ0) is 17.8. The maximum absolute atomic E-state index is 12.3. The Labute approximate surface area is 177 Å². The molecule has 9 heteroatoms. The summed E-state index contributed by atoms with van der Waals surface area (Å²) in [5, 5.41) is 3.49. The molecule has 1 aromatic rings. The topological polar surface area (TPSA) is 78.7 Å². The molecule has 1 aliphatic heterocycles. The van der Waals surface area contributed by atoms with Gasteiger partial charge in [0, 0.05) is 48.8 Å². The van der Waals surface area contributed by atoms with Crippen LogP contribution in [0, 0.1) is 5.92 Å². The number of hydrogen-bond acceptors (Lipinski definition) is 4. The predicted octanol–water partition coefficient (Wildman–Crippen LogP) is 2.08. The number of anilines is 1. The van der Waals surface area contributed by atoms with Crippen molar-refractivity contribution in [1.82, 2.24) is 10.2 Å². The lowest BCUT2D eigenvalue weighted by Crippen LogP contribution is -2.51. The second-order valence-corrected chi connectivity index (χ2v) is 7.27. The Balaban J connectivity index is 0.00000182. The number of rotatable bonds is 4. The fraction of sp³-hybridized carbons (Fsp3) is 0.556. The molecule has 27 heavy (non-hydrogen) atoms. The third-order valence-electron chi connectivity index (χ3n) is 5.06. The van der Waals surface area contributed by atoms with Crippen LogP contribution in [0.3, 0.4) is 0 Å². The third kappa shape index (κ3) is 6.42. The molecule has 2 unspecified atom stereocenters. The molecule has 2 atom stereocenters. The Morgan fingerprint density at radius 1 is 1.15 bits per heavy atom. The average Bonchev–Trinajstić information content (AvgIpc) is 3.06. The minimum atomic E-state index is -0.0427. The quantitative estimate of drug-likeness (QED) is 0.756. The van der Waals surface area contributed by atoms with Gasteiger partial charge < -0.3 is 20.9 Å². The molecule has 1 heterocycles. The molecular formula is C18H27Cl3N4O2. The van der Waals surface area contributed by atoms with Crippen molar-refractivity contribution in [2.45, 2.75) is 25.3 Å². The van der Waals surface area contributed by atoms with Crippen LogP contribution in [0.4, 0.5) is 5.69 Å². The van der Waals surface area contributed by atoms with Crippen molar-refractivity contribution < 1.29 is 9.59 Å². The summed E-state index contributed by atoms with van der Waals surface area (Å²) in [6, 6.07) is 7.86. The Bertz CT molecular complexity index is 639. The second kappa shape index (κ2) is 11.0. The summed E-state index contributed by atoms with van der Waals surface area (Å²) in [4.78, 5) is 28.4. The summed E-state index contributed by atoms with van der Waals surface area (Å²) < 4.78 is 0. The molecule has 0 radical (unpaired) electrons. The molecular weight excluding hydrogens is 411 g/mol. The molecule has 6 nitrogen and oxygen atoms in total. The van der Waals surface area contributed by atoms with Gasteiger partial charge in [0.05, 0.1) is 6.54 Å². The van der Waals surface area contributed by atoms with Crippen LogP contribution in [0.5, 0.6) is 0 Å². The van der Waals surface area contributed by atoms with E-state index in [1.165, 1.54) is 0 Å². The number of amides is 2. The second-order valence-electron chi connectivity index (χ2n) is 6.84. The maximum Gasteiger partial charge on any atom is 0.242 e. The van der Waals surface area contributed by atoms with Gasteiger partial charge in [-0.2, -0.15) is 0 Å². The van der Waals surface area contributed by atoms with E-state index in [0.29, 0.717) is 18.1 Å². The third-order valence-corrected chi connectivity index (χ3v) is 5.30. The van der Waals surface area contributed by atoms with Crippen molar-refractivity contribution in [2.24, 2.45) is 11.7 Å². The van der Waals surface area contributed by atoms with E-state index in [0.717, 1.165) is 38.0 Å². The van der Waals surface area contributed by atoms with Crippen LogP contribution in [-0.4, -0.2) is 55.5 Å². The zero-order valence-corrected chi connectivity index (χ0v) is 17.5. The highest BCUT2D eigenvalue weighted by molar-refractivity contribution is 6.30. The number of halogens is 3. The largest absolute Gasteiger partial charge is 0.368 e. The Morgan fingerprint density at radius 3 is 2.44 bits per heavy atom. The number of benzene rings is 1. The summed E-state index contributed by atoms with van der Waals surface area (Å²) in [6.07, 6.45) is 2.43. The van der Waals surface area contributed by atoms with Crippen LogP contribution in [-0.2, 0) is 9.59 Å². The summed E-state index contributed by atoms with van der Waals surface area (Å²) in [7, 11) is 0. The molecule has 152 valence electrons. The molecule has 0 bridgehead atoms. The van der Waals surface area contributed by atoms with Gasteiger partial charge in [-0.25, -0.2) is 0 Å². The van der Waals surface area contributed by atoms with Gasteiger partial charge in [0.2, 0.25) is 11.8 Å². The molecule has 1 aliphatic carbocycles. The van der Waals surface area contributed by atoms with Gasteiger partial charge in [0.1, 0.15) is 0 Å². The van der Waals surface area contributed by atoms with Crippen LogP contribution >= 0.6 is 36.4 Å². The summed E-state index contributed by atoms with van der Waals surface area (Å²) in [5.41, 5.74) is 6.91. The van der Waals surface area contributed by atoms with Crippen LogP contribution < -0.4 is 16.0 Å². The van der Waals surface area contributed by atoms with E-state index in [-0.39, 0.29) is 55.1 Å². The van der Waals surface area contributed by atoms with Crippen LogP contribution in [0.2, 0.25) is 5.02 Å². The van der Waals surface area contributed by atoms with E-state index >= 15 is 0 Å². The highest BCUT2D eigenvalue weighted by atomic mass is 35.5. The Kier molecular flexibility index (Phi) is 9.67. The highest BCUT2D eigenvalue weighted by Gasteiger charge is 2.28. The monoisotopic (exact) mass is 436 g/mol. The number of carbonyl (C=O) groups is 2. The lowest BCUT2D eigenvalue weighted by molar-refractivity contribution is -0.134. The maximum atomic E-state index is 12.3. The summed E-state index contributed by atoms with van der Waals surface area (Å²) in [5.74, 6) is -0.109. The molecule has 1 saturated heterocycles. The van der Waals surface area contributed by atoms with E-state index in [4.69, 9.17) is 17.3 Å². The van der Waals surface area contributed by atoms with E-state index in [2.05, 4.69) is 10.2 Å². The summed E-state index contributed by atoms with van der Waals surface area (Å²) >= 11 is 6.04. The first-order valence-electron chi connectivity index (χ1n) is 8.84. The first-order chi connectivity index (χ1) is 12.0. The lowest BCUT2D eigenvalue weighted by atomic mass is 10.1. The first-order valence-corrected chi connectivity index (χ1v) is 9.22. The standard InChI is InChI=1S/C18H25ClN4O2.2ClH/c19-14-2-1-3-16(11-14)22-6-8-23(9-7-22)17(24)12-21-18(25)13-4-5-15(20)10-13;;/h1-3,11,13,15H,4-10,12,20H2,(H,21,25);2*1H. The van der Waals surface area contributed by atoms with Gasteiger partial charge in [-0.15, -0.1) is 24.8 Å². The molecule has 3 rings (SSSR count). The SMILES string of the molecule is Cl.Cl.NC1CCC(C(=O)NCC(=O)N2CCN(c3cccc(Cl)c3)CC2)C1. The number of piperazine rings is 1. The van der Waals surface area contributed by atoms with Gasteiger partial charge in [0.15, 0.2) is 0 Å². The van der Waals surface area contributed by atoms with Gasteiger partial charge >= 0.3 is 0 Å². The number of nitrogens with one attached hydrogen (secondary N) is 1. The molecule has 1 saturated carbocycles. The molecule has 2 fully saturated rings. The Hall–Kier alpha value is -1.21.